The van der Waals surface area contributed by atoms with Crippen molar-refractivity contribution in [3.63, 3.8) is 0 Å². The van der Waals surface area contributed by atoms with Crippen LogP contribution in [0.5, 0.6) is 17.2 Å². The first-order valence-corrected chi connectivity index (χ1v) is 11.7. The van der Waals surface area contributed by atoms with Gasteiger partial charge in [0, 0.05) is 18.2 Å². The number of alkyl halides is 13. The van der Waals surface area contributed by atoms with Crippen LogP contribution in [0.3, 0.4) is 0 Å². The molecule has 0 spiro atoms. The van der Waals surface area contributed by atoms with Crippen molar-refractivity contribution in [2.75, 3.05) is 6.54 Å². The van der Waals surface area contributed by atoms with Crippen molar-refractivity contribution in [1.82, 2.24) is 5.32 Å². The van der Waals surface area contributed by atoms with E-state index < -0.39 is 66.1 Å². The van der Waals surface area contributed by atoms with Crippen molar-refractivity contribution < 1.29 is 71.7 Å². The van der Waals surface area contributed by atoms with E-state index in [1.54, 1.807) is 0 Å². The van der Waals surface area contributed by atoms with Gasteiger partial charge in [-0.2, -0.15) is 43.9 Å². The van der Waals surface area contributed by atoms with E-state index in [0.29, 0.717) is 6.07 Å². The lowest BCUT2D eigenvalue weighted by atomic mass is 9.93. The second-order valence-corrected chi connectivity index (χ2v) is 8.87. The first kappa shape index (κ1) is 33.8. The summed E-state index contributed by atoms with van der Waals surface area (Å²) in [4.78, 5) is 0. The lowest BCUT2D eigenvalue weighted by molar-refractivity contribution is -0.359. The maximum atomic E-state index is 14.4. The molecule has 17 heteroatoms. The standard InChI is InChI=1S/C26H18F13NO3/c27-22(28,24(32,33)25(34,35)36)16-6-1-4-14(10-16)21(40-13-20(41)23(29,30)31)15-5-2-7-17(11-15)42-18-8-3-9-19(12-18)43-26(37,38)39/h1-12,20-21,40-41H,13H2/t20-,21?/m1/s1. The summed E-state index contributed by atoms with van der Waals surface area (Å²) < 4.78 is 180. The van der Waals surface area contributed by atoms with Gasteiger partial charge in [0.2, 0.25) is 0 Å². The quantitative estimate of drug-likeness (QED) is 0.220. The number of halogens is 13. The summed E-state index contributed by atoms with van der Waals surface area (Å²) in [6.07, 6.45) is -19.9. The van der Waals surface area contributed by atoms with Gasteiger partial charge in [-0.05, 0) is 41.5 Å². The van der Waals surface area contributed by atoms with Crippen molar-refractivity contribution in [2.45, 2.75) is 42.7 Å². The van der Waals surface area contributed by atoms with Crippen LogP contribution in [-0.2, 0) is 5.92 Å². The topological polar surface area (TPSA) is 50.7 Å². The fourth-order valence-electron chi connectivity index (χ4n) is 3.67. The van der Waals surface area contributed by atoms with Crippen LogP contribution in [0.15, 0.2) is 72.8 Å². The predicted molar refractivity (Wildman–Crippen MR) is 123 cm³/mol. The van der Waals surface area contributed by atoms with Gasteiger partial charge in [-0.25, -0.2) is 0 Å². The number of hydrogen-bond acceptors (Lipinski definition) is 4. The summed E-state index contributed by atoms with van der Waals surface area (Å²) in [5.41, 5.74) is -2.45. The highest BCUT2D eigenvalue weighted by atomic mass is 19.4. The molecule has 2 N–H and O–H groups in total. The number of hydrogen-bond donors (Lipinski definition) is 2. The Labute approximate surface area is 233 Å². The van der Waals surface area contributed by atoms with Crippen molar-refractivity contribution in [1.29, 1.82) is 0 Å². The van der Waals surface area contributed by atoms with Crippen LogP contribution in [0, 0.1) is 0 Å². The molecule has 3 rings (SSSR count). The zero-order chi connectivity index (χ0) is 32.4. The molecule has 3 aromatic carbocycles. The van der Waals surface area contributed by atoms with Crippen LogP contribution in [0.2, 0.25) is 0 Å². The summed E-state index contributed by atoms with van der Waals surface area (Å²) >= 11 is 0. The number of rotatable bonds is 10. The second-order valence-electron chi connectivity index (χ2n) is 8.87. The molecule has 0 aromatic heterocycles. The lowest BCUT2D eigenvalue weighted by Gasteiger charge is -2.29. The molecule has 4 nitrogen and oxygen atoms in total. The molecule has 3 aromatic rings. The fourth-order valence-corrected chi connectivity index (χ4v) is 3.67. The highest BCUT2D eigenvalue weighted by molar-refractivity contribution is 5.42. The van der Waals surface area contributed by atoms with E-state index in [1.807, 2.05) is 0 Å². The van der Waals surface area contributed by atoms with Gasteiger partial charge < -0.3 is 19.9 Å². The summed E-state index contributed by atoms with van der Waals surface area (Å²) in [6.45, 7) is -1.28. The lowest BCUT2D eigenvalue weighted by Crippen LogP contribution is -2.50. The molecule has 0 aliphatic carbocycles. The number of benzene rings is 3. The highest BCUT2D eigenvalue weighted by Crippen LogP contribution is 2.52. The number of aliphatic hydroxyl groups is 1. The highest BCUT2D eigenvalue weighted by Gasteiger charge is 2.73. The molecule has 0 bridgehead atoms. The average Bonchev–Trinajstić information content (AvgIpc) is 2.87. The Morgan fingerprint density at radius 1 is 0.651 bits per heavy atom. The van der Waals surface area contributed by atoms with E-state index in [-0.39, 0.29) is 29.2 Å². The van der Waals surface area contributed by atoms with Gasteiger partial charge in [0.05, 0.1) is 6.04 Å². The maximum Gasteiger partial charge on any atom is 0.573 e. The zero-order valence-electron chi connectivity index (χ0n) is 21.0. The first-order valence-electron chi connectivity index (χ1n) is 11.7. The van der Waals surface area contributed by atoms with Crippen LogP contribution in [0.25, 0.3) is 0 Å². The summed E-state index contributed by atoms with van der Waals surface area (Å²) in [5, 5.41) is 11.6. The third-order valence-corrected chi connectivity index (χ3v) is 5.69. The van der Waals surface area contributed by atoms with Gasteiger partial charge in [-0.1, -0.05) is 36.4 Å². The van der Waals surface area contributed by atoms with E-state index in [1.165, 1.54) is 24.3 Å². The first-order chi connectivity index (χ1) is 19.6. The second kappa shape index (κ2) is 12.1. The van der Waals surface area contributed by atoms with Crippen molar-refractivity contribution in [3.8, 4) is 17.2 Å². The monoisotopic (exact) mass is 639 g/mol. The smallest absolute Gasteiger partial charge is 0.457 e. The van der Waals surface area contributed by atoms with E-state index in [4.69, 9.17) is 4.74 Å². The van der Waals surface area contributed by atoms with Gasteiger partial charge in [0.25, 0.3) is 0 Å². The van der Waals surface area contributed by atoms with Gasteiger partial charge >= 0.3 is 30.6 Å². The molecule has 0 fully saturated rings. The molecule has 0 aliphatic rings. The SMILES string of the molecule is O[C@H](CNC(c1cccc(Oc2cccc(OC(F)(F)F)c2)c1)c1cccc(C(F)(F)C(F)(F)C(F)(F)F)c1)C(F)(F)F. The van der Waals surface area contributed by atoms with Gasteiger partial charge in [0.15, 0.2) is 6.10 Å². The van der Waals surface area contributed by atoms with E-state index in [2.05, 4.69) is 10.1 Å². The molecule has 236 valence electrons. The average molecular weight is 639 g/mol. The van der Waals surface area contributed by atoms with Crippen LogP contribution < -0.4 is 14.8 Å². The fraction of sp³-hybridized carbons (Fsp3) is 0.308. The van der Waals surface area contributed by atoms with Gasteiger partial charge in [0.1, 0.15) is 17.2 Å². The molecular weight excluding hydrogens is 621 g/mol. The van der Waals surface area contributed by atoms with Crippen LogP contribution in [0.4, 0.5) is 57.1 Å². The van der Waals surface area contributed by atoms with Gasteiger partial charge in [-0.3, -0.25) is 0 Å². The Morgan fingerprint density at radius 2 is 1.16 bits per heavy atom. The van der Waals surface area contributed by atoms with E-state index in [9.17, 15) is 62.2 Å². The number of nitrogens with one attached hydrogen (secondary N) is 1. The molecule has 0 radical (unpaired) electrons. The van der Waals surface area contributed by atoms with Gasteiger partial charge in [-0.15, -0.1) is 13.2 Å². The van der Waals surface area contributed by atoms with Crippen molar-refractivity contribution >= 4 is 0 Å². The molecule has 43 heavy (non-hydrogen) atoms. The van der Waals surface area contributed by atoms with Crippen molar-refractivity contribution in [2.24, 2.45) is 0 Å². The molecule has 2 atom stereocenters. The summed E-state index contributed by atoms with van der Waals surface area (Å²) in [6, 6.07) is 9.29. The zero-order valence-corrected chi connectivity index (χ0v) is 21.0. The Morgan fingerprint density at radius 3 is 1.72 bits per heavy atom. The Balaban J connectivity index is 2.02. The largest absolute Gasteiger partial charge is 0.573 e. The predicted octanol–water partition coefficient (Wildman–Crippen LogP) is 8.27. The Bertz CT molecular complexity index is 1390. The minimum atomic E-state index is -6.66. The molecule has 0 saturated heterocycles. The molecule has 0 amide bonds. The summed E-state index contributed by atoms with van der Waals surface area (Å²) in [5.74, 6) is -13.4. The van der Waals surface area contributed by atoms with E-state index >= 15 is 0 Å². The minimum absolute atomic E-state index is 0.127. The third kappa shape index (κ3) is 8.22. The number of aliphatic hydroxyl groups excluding tert-OH is 1. The molecule has 0 aliphatic heterocycles. The molecule has 1 unspecified atom stereocenters. The van der Waals surface area contributed by atoms with Crippen molar-refractivity contribution in [3.05, 3.63) is 89.5 Å². The minimum Gasteiger partial charge on any atom is -0.457 e. The third-order valence-electron chi connectivity index (χ3n) is 5.69. The maximum absolute atomic E-state index is 14.4. The molecule has 0 saturated carbocycles. The van der Waals surface area contributed by atoms with Crippen LogP contribution in [0.1, 0.15) is 22.7 Å². The summed E-state index contributed by atoms with van der Waals surface area (Å²) in [7, 11) is 0. The molecular formula is C26H18F13NO3. The molecule has 0 heterocycles. The van der Waals surface area contributed by atoms with Crippen LogP contribution >= 0.6 is 0 Å². The number of ether oxygens (including phenoxy) is 2. The Kier molecular flexibility index (Phi) is 9.51. The van der Waals surface area contributed by atoms with Crippen LogP contribution in [-0.4, -0.2) is 42.4 Å². The van der Waals surface area contributed by atoms with E-state index in [0.717, 1.165) is 30.3 Å². The normalized spacial score (nSPS) is 14.7. The Hall–Kier alpha value is -3.73.